The number of likely N-dealkylation sites (N-methyl/N-ethyl adjacent to an activating group) is 1. The van der Waals surface area contributed by atoms with Gasteiger partial charge in [0.25, 0.3) is 0 Å². The first-order chi connectivity index (χ1) is 19.0. The molecule has 0 radical (unpaired) electrons. The third-order valence-electron chi connectivity index (χ3n) is 7.31. The number of rotatable bonds is 9. The molecule has 1 aromatic heterocycles. The highest BCUT2D eigenvalue weighted by Crippen LogP contribution is 2.37. The van der Waals surface area contributed by atoms with Gasteiger partial charge in [0.1, 0.15) is 23.0 Å². The van der Waals surface area contributed by atoms with Crippen LogP contribution in [0.1, 0.15) is 5.56 Å². The van der Waals surface area contributed by atoms with Crippen molar-refractivity contribution >= 4 is 5.69 Å². The molecule has 0 saturated carbocycles. The van der Waals surface area contributed by atoms with E-state index in [9.17, 15) is 0 Å². The van der Waals surface area contributed by atoms with E-state index in [0.717, 1.165) is 71.5 Å². The topological polar surface area (TPSA) is 61.2 Å². The van der Waals surface area contributed by atoms with Crippen LogP contribution in [-0.2, 0) is 6.54 Å². The second-order valence-electron chi connectivity index (χ2n) is 9.65. The van der Waals surface area contributed by atoms with Crippen LogP contribution < -0.4 is 23.8 Å². The highest BCUT2D eigenvalue weighted by atomic mass is 16.5. The summed E-state index contributed by atoms with van der Waals surface area (Å²) in [7, 11) is 8.81. The molecule has 0 unspecified atom stereocenters. The Bertz CT molecular complexity index is 1410. The first-order valence-corrected chi connectivity index (χ1v) is 13.1. The molecule has 204 valence electrons. The molecule has 0 atom stereocenters. The predicted molar refractivity (Wildman–Crippen MR) is 155 cm³/mol. The molecule has 1 aliphatic heterocycles. The third kappa shape index (κ3) is 5.66. The van der Waals surface area contributed by atoms with E-state index in [1.54, 1.807) is 28.4 Å². The second-order valence-corrected chi connectivity index (χ2v) is 9.65. The largest absolute Gasteiger partial charge is 0.497 e. The molecule has 0 spiro atoms. The maximum Gasteiger partial charge on any atom is 0.131 e. The van der Waals surface area contributed by atoms with Crippen molar-refractivity contribution in [1.82, 2.24) is 14.7 Å². The Morgan fingerprint density at radius 1 is 0.692 bits per heavy atom. The third-order valence-corrected chi connectivity index (χ3v) is 7.31. The van der Waals surface area contributed by atoms with E-state index in [4.69, 9.17) is 24.0 Å². The molecule has 8 heteroatoms. The minimum atomic E-state index is 0.511. The lowest BCUT2D eigenvalue weighted by atomic mass is 10.1. The maximum atomic E-state index is 5.76. The Morgan fingerprint density at radius 3 is 1.97 bits per heavy atom. The molecule has 3 aromatic carbocycles. The van der Waals surface area contributed by atoms with Gasteiger partial charge in [0.05, 0.1) is 46.4 Å². The fraction of sp³-hybridized carbons (Fsp3) is 0.323. The molecule has 0 bridgehead atoms. The van der Waals surface area contributed by atoms with Gasteiger partial charge in [-0.05, 0) is 49.5 Å². The molecule has 0 N–H and O–H groups in total. The molecule has 0 aliphatic carbocycles. The molecular weight excluding hydrogens is 492 g/mol. The Kier molecular flexibility index (Phi) is 7.93. The van der Waals surface area contributed by atoms with E-state index in [0.29, 0.717) is 12.3 Å². The van der Waals surface area contributed by atoms with Gasteiger partial charge >= 0.3 is 0 Å². The van der Waals surface area contributed by atoms with Gasteiger partial charge in [0.15, 0.2) is 0 Å². The number of ether oxygens (including phenoxy) is 4. The fourth-order valence-electron chi connectivity index (χ4n) is 4.96. The number of nitrogens with zero attached hydrogens (tertiary/aromatic N) is 4. The van der Waals surface area contributed by atoms with Gasteiger partial charge in [-0.25, -0.2) is 0 Å². The average Bonchev–Trinajstić information content (AvgIpc) is 3.40. The average molecular weight is 529 g/mol. The number of benzene rings is 3. The lowest BCUT2D eigenvalue weighted by Gasteiger charge is -2.34. The van der Waals surface area contributed by atoms with Gasteiger partial charge in [0.2, 0.25) is 0 Å². The van der Waals surface area contributed by atoms with Crippen LogP contribution >= 0.6 is 0 Å². The number of aromatic nitrogens is 2. The van der Waals surface area contributed by atoms with E-state index in [1.807, 2.05) is 41.1 Å². The van der Waals surface area contributed by atoms with Gasteiger partial charge in [-0.1, -0.05) is 12.1 Å². The van der Waals surface area contributed by atoms with Gasteiger partial charge in [-0.15, -0.1) is 0 Å². The van der Waals surface area contributed by atoms with Crippen molar-refractivity contribution in [1.29, 1.82) is 0 Å². The zero-order valence-corrected chi connectivity index (χ0v) is 23.3. The van der Waals surface area contributed by atoms with Crippen LogP contribution in [0.5, 0.6) is 23.0 Å². The van der Waals surface area contributed by atoms with Crippen LogP contribution in [0.25, 0.3) is 22.5 Å². The van der Waals surface area contributed by atoms with Crippen LogP contribution in [0, 0.1) is 0 Å². The number of anilines is 1. The number of methoxy groups -OCH3 is 4. The highest BCUT2D eigenvalue weighted by Gasteiger charge is 2.19. The van der Waals surface area contributed by atoms with Crippen molar-refractivity contribution in [2.45, 2.75) is 6.54 Å². The van der Waals surface area contributed by atoms with Crippen LogP contribution in [0.15, 0.2) is 66.7 Å². The van der Waals surface area contributed by atoms with Crippen LogP contribution in [0.2, 0.25) is 0 Å². The van der Waals surface area contributed by atoms with Gasteiger partial charge in [-0.2, -0.15) is 5.10 Å². The predicted octanol–water partition coefficient (Wildman–Crippen LogP) is 5.05. The monoisotopic (exact) mass is 528 g/mol. The number of hydrogen-bond acceptors (Lipinski definition) is 7. The highest BCUT2D eigenvalue weighted by molar-refractivity contribution is 5.74. The zero-order chi connectivity index (χ0) is 27.4. The summed E-state index contributed by atoms with van der Waals surface area (Å²) in [5.74, 6) is 2.94. The summed E-state index contributed by atoms with van der Waals surface area (Å²) in [5, 5.41) is 5.06. The van der Waals surface area contributed by atoms with E-state index in [1.165, 1.54) is 5.69 Å². The zero-order valence-electron chi connectivity index (χ0n) is 23.3. The van der Waals surface area contributed by atoms with Gasteiger partial charge in [-0.3, -0.25) is 4.68 Å². The minimum absolute atomic E-state index is 0.511. The Hall–Kier alpha value is -4.17. The summed E-state index contributed by atoms with van der Waals surface area (Å²) in [6.45, 7) is 4.74. The molecular formula is C31H36N4O4. The lowest BCUT2D eigenvalue weighted by molar-refractivity contribution is 0.313. The summed E-state index contributed by atoms with van der Waals surface area (Å²) in [6, 6.07) is 22.5. The van der Waals surface area contributed by atoms with Crippen molar-refractivity contribution in [3.63, 3.8) is 0 Å². The molecule has 1 saturated heterocycles. The lowest BCUT2D eigenvalue weighted by Crippen LogP contribution is -2.44. The van der Waals surface area contributed by atoms with Crippen molar-refractivity contribution in [2.75, 3.05) is 66.6 Å². The van der Waals surface area contributed by atoms with E-state index in [-0.39, 0.29) is 0 Å². The van der Waals surface area contributed by atoms with Crippen molar-refractivity contribution < 1.29 is 18.9 Å². The first-order valence-electron chi connectivity index (χ1n) is 13.1. The van der Waals surface area contributed by atoms with Crippen molar-refractivity contribution in [3.8, 4) is 45.5 Å². The van der Waals surface area contributed by atoms with Gasteiger partial charge < -0.3 is 28.7 Å². The maximum absolute atomic E-state index is 5.76. The fourth-order valence-corrected chi connectivity index (χ4v) is 4.96. The second kappa shape index (κ2) is 11.7. The summed E-state index contributed by atoms with van der Waals surface area (Å²) in [6.07, 6.45) is 0. The Balaban J connectivity index is 1.53. The van der Waals surface area contributed by atoms with E-state index >= 15 is 0 Å². The SMILES string of the molecule is COc1ccc(Cn2nc(-c3ccc(N4CCN(C)CC4)cc3)cc2-c2ccc(OC)cc2OC)c(OC)c1. The smallest absolute Gasteiger partial charge is 0.131 e. The van der Waals surface area contributed by atoms with Crippen LogP contribution in [0.3, 0.4) is 0 Å². The summed E-state index contributed by atoms with van der Waals surface area (Å²) in [4.78, 5) is 4.80. The van der Waals surface area contributed by atoms with E-state index in [2.05, 4.69) is 47.2 Å². The molecule has 2 heterocycles. The summed E-state index contributed by atoms with van der Waals surface area (Å²) < 4.78 is 24.3. The molecule has 5 rings (SSSR count). The van der Waals surface area contributed by atoms with Crippen molar-refractivity contribution in [2.24, 2.45) is 0 Å². The molecule has 39 heavy (non-hydrogen) atoms. The minimum Gasteiger partial charge on any atom is -0.497 e. The molecule has 0 amide bonds. The molecule has 1 aliphatic rings. The number of piperazine rings is 1. The number of hydrogen-bond donors (Lipinski definition) is 0. The van der Waals surface area contributed by atoms with E-state index < -0.39 is 0 Å². The Labute approximate surface area is 230 Å². The van der Waals surface area contributed by atoms with Crippen LogP contribution in [-0.4, -0.2) is 76.3 Å². The van der Waals surface area contributed by atoms with Crippen LogP contribution in [0.4, 0.5) is 5.69 Å². The van der Waals surface area contributed by atoms with Gasteiger partial charge in [0, 0.05) is 60.7 Å². The first kappa shape index (κ1) is 26.4. The Morgan fingerprint density at radius 2 is 1.33 bits per heavy atom. The summed E-state index contributed by atoms with van der Waals surface area (Å²) in [5.41, 5.74) is 6.05. The molecule has 1 fully saturated rings. The molecule has 4 aromatic rings. The normalized spacial score (nSPS) is 13.8. The van der Waals surface area contributed by atoms with Crippen molar-refractivity contribution in [3.05, 3.63) is 72.3 Å². The standard InChI is InChI=1S/C31H36N4O4/c1-33-14-16-34(17-15-33)24-9-6-22(7-10-24)28-20-29(27-13-12-26(37-3)19-31(27)39-5)35(32-28)21-23-8-11-25(36-2)18-30(23)38-4/h6-13,18-20H,14-17,21H2,1-5H3. The summed E-state index contributed by atoms with van der Waals surface area (Å²) >= 11 is 0. The quantitative estimate of drug-likeness (QED) is 0.301. The molecule has 8 nitrogen and oxygen atoms in total.